The molecule has 1 atom stereocenters. The number of aliphatic hydroxyl groups is 1. The zero-order chi connectivity index (χ0) is 7.14. The van der Waals surface area contributed by atoms with Crippen LogP contribution in [0.1, 0.15) is 17.2 Å². The number of phenolic OH excluding ortho intramolecular Hbond substituents is 1. The van der Waals surface area contributed by atoms with E-state index in [1.54, 1.807) is 12.1 Å². The average molecular weight is 136 g/mol. The van der Waals surface area contributed by atoms with Gasteiger partial charge in [-0.2, -0.15) is 0 Å². The van der Waals surface area contributed by atoms with Crippen LogP contribution in [-0.2, 0) is 6.42 Å². The molecule has 2 rings (SSSR count). The van der Waals surface area contributed by atoms with Crippen molar-refractivity contribution in [1.29, 1.82) is 0 Å². The molecule has 0 radical (unpaired) electrons. The number of fused-ring (bicyclic) bond motifs is 1. The predicted molar refractivity (Wildman–Crippen MR) is 36.8 cm³/mol. The maximum absolute atomic E-state index is 9.16. The quantitative estimate of drug-likeness (QED) is 0.558. The van der Waals surface area contributed by atoms with Crippen molar-refractivity contribution in [3.63, 3.8) is 0 Å². The van der Waals surface area contributed by atoms with Crippen LogP contribution in [0, 0.1) is 0 Å². The molecule has 2 heteroatoms. The van der Waals surface area contributed by atoms with Gasteiger partial charge in [0.05, 0.1) is 6.10 Å². The van der Waals surface area contributed by atoms with E-state index in [0.29, 0.717) is 12.2 Å². The van der Waals surface area contributed by atoms with Gasteiger partial charge in [-0.05, 0) is 11.6 Å². The maximum atomic E-state index is 9.16. The minimum absolute atomic E-state index is 0.308. The Morgan fingerprint density at radius 1 is 1.40 bits per heavy atom. The summed E-state index contributed by atoms with van der Waals surface area (Å²) in [5.41, 5.74) is 1.77. The Kier molecular flexibility index (Phi) is 0.995. The molecule has 0 spiro atoms. The van der Waals surface area contributed by atoms with E-state index < -0.39 is 0 Å². The molecule has 1 aliphatic rings. The number of hydrogen-bond donors (Lipinski definition) is 2. The van der Waals surface area contributed by atoms with E-state index in [1.807, 2.05) is 6.07 Å². The number of phenols is 1. The van der Waals surface area contributed by atoms with E-state index in [-0.39, 0.29) is 6.10 Å². The maximum Gasteiger partial charge on any atom is 0.119 e. The van der Waals surface area contributed by atoms with Crippen LogP contribution in [0.15, 0.2) is 18.2 Å². The largest absolute Gasteiger partial charge is 0.508 e. The molecule has 0 heterocycles. The zero-order valence-electron chi connectivity index (χ0n) is 5.41. The highest BCUT2D eigenvalue weighted by Crippen LogP contribution is 2.38. The van der Waals surface area contributed by atoms with Gasteiger partial charge in [0, 0.05) is 12.0 Å². The van der Waals surface area contributed by atoms with Crippen molar-refractivity contribution in [1.82, 2.24) is 0 Å². The second-order valence-electron chi connectivity index (χ2n) is 2.56. The Balaban J connectivity index is 2.56. The third-order valence-corrected chi connectivity index (χ3v) is 1.94. The molecule has 0 saturated carbocycles. The van der Waals surface area contributed by atoms with Crippen molar-refractivity contribution in [2.24, 2.45) is 0 Å². The highest BCUT2D eigenvalue weighted by molar-refractivity contribution is 5.47. The summed E-state index contributed by atoms with van der Waals surface area (Å²) < 4.78 is 0. The van der Waals surface area contributed by atoms with Crippen LogP contribution in [0.2, 0.25) is 0 Å². The van der Waals surface area contributed by atoms with Gasteiger partial charge in [-0.1, -0.05) is 12.1 Å². The van der Waals surface area contributed by atoms with Gasteiger partial charge in [-0.25, -0.2) is 0 Å². The van der Waals surface area contributed by atoms with Gasteiger partial charge in [-0.3, -0.25) is 0 Å². The van der Waals surface area contributed by atoms with Crippen molar-refractivity contribution in [2.45, 2.75) is 12.5 Å². The molecule has 0 amide bonds. The molecule has 0 aliphatic heterocycles. The second-order valence-corrected chi connectivity index (χ2v) is 2.56. The van der Waals surface area contributed by atoms with E-state index >= 15 is 0 Å². The molecule has 0 fully saturated rings. The van der Waals surface area contributed by atoms with E-state index in [4.69, 9.17) is 10.2 Å². The van der Waals surface area contributed by atoms with Crippen LogP contribution in [0.3, 0.4) is 0 Å². The molecule has 1 aromatic rings. The molecular formula is C8H8O2. The summed E-state index contributed by atoms with van der Waals surface area (Å²) >= 11 is 0. The highest BCUT2D eigenvalue weighted by atomic mass is 16.3. The second kappa shape index (κ2) is 1.73. The van der Waals surface area contributed by atoms with E-state index in [2.05, 4.69) is 0 Å². The Morgan fingerprint density at radius 2 is 2.20 bits per heavy atom. The Morgan fingerprint density at radius 3 is 2.80 bits per heavy atom. The summed E-state index contributed by atoms with van der Waals surface area (Å²) in [5, 5.41) is 18.3. The number of rotatable bonds is 0. The minimum Gasteiger partial charge on any atom is -0.508 e. The standard InChI is InChI=1S/C8H8O2/c9-7-3-1-2-5-6(7)4-8(5)10/h1-3,8-10H,4H2. The van der Waals surface area contributed by atoms with Crippen molar-refractivity contribution in [3.8, 4) is 5.75 Å². The summed E-state index contributed by atoms with van der Waals surface area (Å²) in [6.45, 7) is 0. The number of benzene rings is 1. The third-order valence-electron chi connectivity index (χ3n) is 1.94. The fourth-order valence-corrected chi connectivity index (χ4v) is 1.30. The van der Waals surface area contributed by atoms with Crippen molar-refractivity contribution >= 4 is 0 Å². The van der Waals surface area contributed by atoms with Gasteiger partial charge in [0.25, 0.3) is 0 Å². The average Bonchev–Trinajstić information content (AvgIpc) is 1.91. The first-order chi connectivity index (χ1) is 4.79. The SMILES string of the molecule is Oc1cccc2c1CC2O. The zero-order valence-corrected chi connectivity index (χ0v) is 5.41. The van der Waals surface area contributed by atoms with Gasteiger partial charge in [0.2, 0.25) is 0 Å². The lowest BCUT2D eigenvalue weighted by Crippen LogP contribution is -2.15. The highest BCUT2D eigenvalue weighted by Gasteiger charge is 2.25. The Labute approximate surface area is 58.7 Å². The minimum atomic E-state index is -0.345. The molecule has 1 aliphatic carbocycles. The molecule has 1 aromatic carbocycles. The van der Waals surface area contributed by atoms with Crippen LogP contribution in [0.4, 0.5) is 0 Å². The Hall–Kier alpha value is -1.02. The van der Waals surface area contributed by atoms with Gasteiger partial charge in [-0.15, -0.1) is 0 Å². The lowest BCUT2D eigenvalue weighted by Gasteiger charge is -2.25. The molecular weight excluding hydrogens is 128 g/mol. The molecule has 0 saturated heterocycles. The molecule has 10 heavy (non-hydrogen) atoms. The van der Waals surface area contributed by atoms with Crippen LogP contribution >= 0.6 is 0 Å². The molecule has 52 valence electrons. The number of aromatic hydroxyl groups is 1. The summed E-state index contributed by atoms with van der Waals surface area (Å²) in [4.78, 5) is 0. The first kappa shape index (κ1) is 5.74. The van der Waals surface area contributed by atoms with Crippen LogP contribution in [-0.4, -0.2) is 10.2 Å². The predicted octanol–water partition coefficient (Wildman–Crippen LogP) is 0.982. The van der Waals surface area contributed by atoms with Gasteiger partial charge in [0.15, 0.2) is 0 Å². The molecule has 2 nitrogen and oxygen atoms in total. The normalized spacial score (nSPS) is 21.5. The van der Waals surface area contributed by atoms with Crippen molar-refractivity contribution in [3.05, 3.63) is 29.3 Å². The fourth-order valence-electron chi connectivity index (χ4n) is 1.30. The summed E-state index contributed by atoms with van der Waals surface area (Å²) in [6, 6.07) is 5.23. The third kappa shape index (κ3) is 0.567. The molecule has 0 bridgehead atoms. The number of hydrogen-bond acceptors (Lipinski definition) is 2. The van der Waals surface area contributed by atoms with E-state index in [0.717, 1.165) is 11.1 Å². The summed E-state index contributed by atoms with van der Waals surface area (Å²) in [6.07, 6.45) is 0.254. The summed E-state index contributed by atoms with van der Waals surface area (Å²) in [7, 11) is 0. The monoisotopic (exact) mass is 136 g/mol. The van der Waals surface area contributed by atoms with Gasteiger partial charge < -0.3 is 10.2 Å². The number of aliphatic hydroxyl groups excluding tert-OH is 1. The van der Waals surface area contributed by atoms with Gasteiger partial charge >= 0.3 is 0 Å². The van der Waals surface area contributed by atoms with Crippen LogP contribution in [0.25, 0.3) is 0 Å². The lowest BCUT2D eigenvalue weighted by atomic mass is 9.85. The van der Waals surface area contributed by atoms with Crippen molar-refractivity contribution in [2.75, 3.05) is 0 Å². The molecule has 2 N–H and O–H groups in total. The van der Waals surface area contributed by atoms with Gasteiger partial charge in [0.1, 0.15) is 5.75 Å². The molecule has 0 aromatic heterocycles. The van der Waals surface area contributed by atoms with Crippen LogP contribution in [0.5, 0.6) is 5.75 Å². The van der Waals surface area contributed by atoms with Crippen molar-refractivity contribution < 1.29 is 10.2 Å². The van der Waals surface area contributed by atoms with E-state index in [1.165, 1.54) is 0 Å². The van der Waals surface area contributed by atoms with Crippen LogP contribution < -0.4 is 0 Å². The molecule has 1 unspecified atom stereocenters. The fraction of sp³-hybridized carbons (Fsp3) is 0.250. The smallest absolute Gasteiger partial charge is 0.119 e. The summed E-state index contributed by atoms with van der Waals surface area (Å²) in [5.74, 6) is 0.308. The van der Waals surface area contributed by atoms with E-state index in [9.17, 15) is 0 Å². The topological polar surface area (TPSA) is 40.5 Å². The first-order valence-electron chi connectivity index (χ1n) is 3.28. The lowest BCUT2D eigenvalue weighted by molar-refractivity contribution is 0.151. The first-order valence-corrected chi connectivity index (χ1v) is 3.28. The Bertz CT molecular complexity index is 268.